The predicted molar refractivity (Wildman–Crippen MR) is 129 cm³/mol. The Morgan fingerprint density at radius 2 is 1.94 bits per heavy atom. The van der Waals surface area contributed by atoms with E-state index in [9.17, 15) is 4.79 Å². The minimum atomic E-state index is -0.326. The largest absolute Gasteiger partial charge is 0.496 e. The molecular formula is C24H26N4O4S. The van der Waals surface area contributed by atoms with Gasteiger partial charge in [-0.25, -0.2) is 4.52 Å². The number of rotatable bonds is 10. The molecule has 2 aromatic heterocycles. The van der Waals surface area contributed by atoms with Crippen LogP contribution in [0.3, 0.4) is 0 Å². The Morgan fingerprint density at radius 1 is 1.09 bits per heavy atom. The monoisotopic (exact) mass is 466 g/mol. The summed E-state index contributed by atoms with van der Waals surface area (Å²) in [4.78, 5) is 18.0. The molecule has 2 heterocycles. The van der Waals surface area contributed by atoms with Crippen molar-refractivity contribution in [3.8, 4) is 28.5 Å². The minimum absolute atomic E-state index is 0.226. The Morgan fingerprint density at radius 3 is 2.73 bits per heavy atom. The smallest absolute Gasteiger partial charge is 0.258 e. The maximum absolute atomic E-state index is 12.9. The van der Waals surface area contributed by atoms with Gasteiger partial charge in [0.15, 0.2) is 11.5 Å². The van der Waals surface area contributed by atoms with E-state index in [2.05, 4.69) is 22.3 Å². The Hall–Kier alpha value is -3.59. The Bertz CT molecular complexity index is 1250. The van der Waals surface area contributed by atoms with Gasteiger partial charge in [0, 0.05) is 16.5 Å². The van der Waals surface area contributed by atoms with Gasteiger partial charge in [-0.3, -0.25) is 10.1 Å². The number of unbranched alkanes of at least 4 members (excludes halogenated alkanes) is 1. The van der Waals surface area contributed by atoms with Crippen molar-refractivity contribution in [2.24, 2.45) is 0 Å². The normalized spacial score (nSPS) is 10.9. The average molecular weight is 467 g/mol. The van der Waals surface area contributed by atoms with Crippen molar-refractivity contribution in [1.82, 2.24) is 14.6 Å². The predicted octanol–water partition coefficient (Wildman–Crippen LogP) is 5.30. The molecule has 0 unspecified atom stereocenters. The van der Waals surface area contributed by atoms with E-state index in [4.69, 9.17) is 14.2 Å². The van der Waals surface area contributed by atoms with Crippen LogP contribution in [0.5, 0.6) is 17.2 Å². The molecule has 172 valence electrons. The molecule has 4 rings (SSSR count). The van der Waals surface area contributed by atoms with E-state index in [-0.39, 0.29) is 11.9 Å². The van der Waals surface area contributed by atoms with Gasteiger partial charge in [0.2, 0.25) is 4.96 Å². The number of ether oxygens (including phenoxy) is 3. The molecule has 8 nitrogen and oxygen atoms in total. The highest BCUT2D eigenvalue weighted by Crippen LogP contribution is 2.33. The highest BCUT2D eigenvalue weighted by atomic mass is 32.1. The molecule has 0 aliphatic rings. The van der Waals surface area contributed by atoms with E-state index in [0.29, 0.717) is 35.2 Å². The summed E-state index contributed by atoms with van der Waals surface area (Å²) in [6.07, 6.45) is 1.99. The second kappa shape index (κ2) is 10.4. The number of thiazole rings is 1. The van der Waals surface area contributed by atoms with Crippen molar-refractivity contribution in [3.05, 3.63) is 53.4 Å². The van der Waals surface area contributed by atoms with Crippen molar-refractivity contribution in [2.75, 3.05) is 25.6 Å². The van der Waals surface area contributed by atoms with E-state index < -0.39 is 0 Å². The molecule has 33 heavy (non-hydrogen) atoms. The van der Waals surface area contributed by atoms with Gasteiger partial charge in [0.25, 0.3) is 11.9 Å². The van der Waals surface area contributed by atoms with Crippen LogP contribution in [0.1, 0.15) is 37.0 Å². The summed E-state index contributed by atoms with van der Waals surface area (Å²) in [5.41, 5.74) is 2.17. The van der Waals surface area contributed by atoms with Gasteiger partial charge in [-0.05, 0) is 43.7 Å². The fourth-order valence-electron chi connectivity index (χ4n) is 3.31. The second-order valence-corrected chi connectivity index (χ2v) is 8.04. The first-order chi connectivity index (χ1) is 16.1. The van der Waals surface area contributed by atoms with Crippen molar-refractivity contribution in [2.45, 2.75) is 26.7 Å². The maximum atomic E-state index is 12.9. The Kier molecular flexibility index (Phi) is 7.09. The summed E-state index contributed by atoms with van der Waals surface area (Å²) in [5, 5.41) is 9.23. The molecule has 4 aromatic rings. The molecule has 0 spiro atoms. The quantitative estimate of drug-likeness (QED) is 0.319. The summed E-state index contributed by atoms with van der Waals surface area (Å²) in [5.74, 6) is 1.81. The summed E-state index contributed by atoms with van der Waals surface area (Å²) < 4.78 is 18.6. The van der Waals surface area contributed by atoms with Crippen LogP contribution < -0.4 is 19.5 Å². The fourth-order valence-corrected chi connectivity index (χ4v) is 4.14. The van der Waals surface area contributed by atoms with E-state index in [0.717, 1.165) is 29.8 Å². The van der Waals surface area contributed by atoms with Gasteiger partial charge < -0.3 is 14.2 Å². The molecule has 0 saturated carbocycles. The number of aromatic nitrogens is 3. The number of hydrogen-bond donors (Lipinski definition) is 1. The molecule has 1 N–H and O–H groups in total. The topological polar surface area (TPSA) is 87.0 Å². The molecule has 0 saturated heterocycles. The number of anilines is 1. The van der Waals surface area contributed by atoms with Gasteiger partial charge >= 0.3 is 0 Å². The van der Waals surface area contributed by atoms with Crippen LogP contribution in [-0.2, 0) is 0 Å². The van der Waals surface area contributed by atoms with Crippen molar-refractivity contribution in [3.63, 3.8) is 0 Å². The third-order valence-electron chi connectivity index (χ3n) is 4.95. The van der Waals surface area contributed by atoms with Crippen LogP contribution in [0.15, 0.2) is 47.8 Å². The molecule has 9 heteroatoms. The van der Waals surface area contributed by atoms with Crippen LogP contribution >= 0.6 is 11.3 Å². The van der Waals surface area contributed by atoms with E-state index >= 15 is 0 Å². The molecule has 0 radical (unpaired) electrons. The lowest BCUT2D eigenvalue weighted by Crippen LogP contribution is -2.13. The highest BCUT2D eigenvalue weighted by molar-refractivity contribution is 7.15. The van der Waals surface area contributed by atoms with Gasteiger partial charge in [0.1, 0.15) is 5.75 Å². The number of nitrogens with zero attached hydrogens (tertiary/aromatic N) is 3. The number of methoxy groups -OCH3 is 1. The number of fused-ring (bicyclic) bond motifs is 1. The van der Waals surface area contributed by atoms with Crippen LogP contribution in [0.25, 0.3) is 16.2 Å². The lowest BCUT2D eigenvalue weighted by Gasteiger charge is -2.13. The van der Waals surface area contributed by atoms with Crippen molar-refractivity contribution in [1.29, 1.82) is 0 Å². The molecular weight excluding hydrogens is 440 g/mol. The Balaban J connectivity index is 1.55. The standard InChI is InChI=1S/C24H26N4O4S/c1-4-6-13-32-20-12-11-16(14-21(20)31-5-2)22(29)25-23-26-24-28(27-23)18(15-33-24)17-9-7-8-10-19(17)30-3/h7-12,14-15H,4-6,13H2,1-3H3,(H,25,27,29). The molecule has 1 amide bonds. The van der Waals surface area contributed by atoms with E-state index in [1.165, 1.54) is 11.3 Å². The third kappa shape index (κ3) is 4.93. The van der Waals surface area contributed by atoms with Crippen LogP contribution in [0, 0.1) is 0 Å². The zero-order valence-electron chi connectivity index (χ0n) is 18.8. The lowest BCUT2D eigenvalue weighted by molar-refractivity contribution is 0.102. The number of carbonyl (C=O) groups is 1. The molecule has 2 aromatic carbocycles. The average Bonchev–Trinajstić information content (AvgIpc) is 3.40. The highest BCUT2D eigenvalue weighted by Gasteiger charge is 2.17. The van der Waals surface area contributed by atoms with Crippen molar-refractivity contribution < 1.29 is 19.0 Å². The molecule has 0 bridgehead atoms. The number of benzene rings is 2. The maximum Gasteiger partial charge on any atom is 0.258 e. The van der Waals surface area contributed by atoms with Crippen molar-refractivity contribution >= 4 is 28.2 Å². The van der Waals surface area contributed by atoms with Gasteiger partial charge in [-0.2, -0.15) is 4.98 Å². The number of amides is 1. The fraction of sp³-hybridized carbons (Fsp3) is 0.292. The summed E-state index contributed by atoms with van der Waals surface area (Å²) in [7, 11) is 1.63. The molecule has 0 atom stereocenters. The van der Waals surface area contributed by atoms with Gasteiger partial charge in [-0.15, -0.1) is 16.4 Å². The van der Waals surface area contributed by atoms with Crippen LogP contribution in [0.2, 0.25) is 0 Å². The van der Waals surface area contributed by atoms with Gasteiger partial charge in [-0.1, -0.05) is 25.5 Å². The first kappa shape index (κ1) is 22.6. The SMILES string of the molecule is CCCCOc1ccc(C(=O)Nc2nc3scc(-c4ccccc4OC)n3n2)cc1OCC. The lowest BCUT2D eigenvalue weighted by atomic mass is 10.1. The van der Waals surface area contributed by atoms with Crippen LogP contribution in [-0.4, -0.2) is 40.8 Å². The molecule has 0 aliphatic heterocycles. The first-order valence-electron chi connectivity index (χ1n) is 10.8. The van der Waals surface area contributed by atoms with Gasteiger partial charge in [0.05, 0.1) is 26.0 Å². The summed E-state index contributed by atoms with van der Waals surface area (Å²) in [6, 6.07) is 12.8. The zero-order chi connectivity index (χ0) is 23.2. The minimum Gasteiger partial charge on any atom is -0.496 e. The van der Waals surface area contributed by atoms with E-state index in [1.54, 1.807) is 29.8 Å². The molecule has 0 aliphatic carbocycles. The third-order valence-corrected chi connectivity index (χ3v) is 5.77. The number of carbonyl (C=O) groups excluding carboxylic acids is 1. The zero-order valence-corrected chi connectivity index (χ0v) is 19.6. The number of nitrogens with one attached hydrogen (secondary N) is 1. The van der Waals surface area contributed by atoms with Crippen LogP contribution in [0.4, 0.5) is 5.95 Å². The number of hydrogen-bond acceptors (Lipinski definition) is 7. The Labute approximate surface area is 196 Å². The second-order valence-electron chi connectivity index (χ2n) is 7.20. The first-order valence-corrected chi connectivity index (χ1v) is 11.7. The summed E-state index contributed by atoms with van der Waals surface area (Å²) >= 11 is 1.44. The van der Waals surface area contributed by atoms with E-state index in [1.807, 2.05) is 36.6 Å². The molecule has 0 fully saturated rings. The summed E-state index contributed by atoms with van der Waals surface area (Å²) in [6.45, 7) is 5.07. The number of para-hydroxylation sites is 1.